The van der Waals surface area contributed by atoms with Crippen LogP contribution >= 0.6 is 0 Å². The van der Waals surface area contributed by atoms with Gasteiger partial charge in [0, 0.05) is 23.6 Å². The first kappa shape index (κ1) is 22.2. The molecule has 0 atom stereocenters. The van der Waals surface area contributed by atoms with Crippen molar-refractivity contribution in [2.45, 2.75) is 46.5 Å². The number of carboxylic acids is 2. The molecular weight excluding hydrogens is 324 g/mol. The van der Waals surface area contributed by atoms with E-state index in [1.165, 1.54) is 0 Å². The second-order valence-electron chi connectivity index (χ2n) is 5.39. The second-order valence-corrected chi connectivity index (χ2v) is 5.39. The summed E-state index contributed by atoms with van der Waals surface area (Å²) in [6.45, 7) is 5.45. The number of phenolic OH excluding ortho intramolecular Hbond substituents is 2. The number of hydrogen-bond acceptors (Lipinski definition) is 4. The van der Waals surface area contributed by atoms with E-state index in [2.05, 4.69) is 0 Å². The number of rotatable bonds is 4. The Morgan fingerprint density at radius 2 is 1.32 bits per heavy atom. The summed E-state index contributed by atoms with van der Waals surface area (Å²) in [5, 5.41) is 36.4. The van der Waals surface area contributed by atoms with Crippen LogP contribution in [0.4, 0.5) is 0 Å². The van der Waals surface area contributed by atoms with Gasteiger partial charge in [-0.05, 0) is 31.4 Å². The number of aromatic hydroxyl groups is 2. The van der Waals surface area contributed by atoms with Crippen LogP contribution in [0.25, 0.3) is 10.8 Å². The van der Waals surface area contributed by atoms with Crippen LogP contribution in [0.5, 0.6) is 11.5 Å². The maximum absolute atomic E-state index is 9.67. The summed E-state index contributed by atoms with van der Waals surface area (Å²) in [4.78, 5) is 19.2. The number of fused-ring (bicyclic) bond motifs is 1. The van der Waals surface area contributed by atoms with Crippen LogP contribution in [0, 0.1) is 6.92 Å². The van der Waals surface area contributed by atoms with Crippen molar-refractivity contribution in [3.63, 3.8) is 0 Å². The van der Waals surface area contributed by atoms with Gasteiger partial charge in [0.1, 0.15) is 11.5 Å². The maximum atomic E-state index is 9.67. The SMILES string of the molecule is CCCC(=O)O.CCCC(=O)O.Cc1cc(O)c2ccccc2c1O. The van der Waals surface area contributed by atoms with Crippen molar-refractivity contribution in [2.75, 3.05) is 0 Å². The molecule has 0 amide bonds. The van der Waals surface area contributed by atoms with E-state index in [-0.39, 0.29) is 11.5 Å². The molecule has 6 heteroatoms. The van der Waals surface area contributed by atoms with E-state index in [9.17, 15) is 19.8 Å². The summed E-state index contributed by atoms with van der Waals surface area (Å²) in [5.41, 5.74) is 0.691. The first-order chi connectivity index (χ1) is 11.7. The molecule has 0 spiro atoms. The molecule has 0 radical (unpaired) electrons. The van der Waals surface area contributed by atoms with Gasteiger partial charge in [-0.25, -0.2) is 0 Å². The van der Waals surface area contributed by atoms with Gasteiger partial charge in [0.05, 0.1) is 0 Å². The first-order valence-corrected chi connectivity index (χ1v) is 8.08. The lowest BCUT2D eigenvalue weighted by atomic mass is 10.1. The van der Waals surface area contributed by atoms with E-state index < -0.39 is 11.9 Å². The van der Waals surface area contributed by atoms with Gasteiger partial charge in [0.15, 0.2) is 0 Å². The number of aryl methyl sites for hydroxylation is 1. The Labute approximate surface area is 147 Å². The lowest BCUT2D eigenvalue weighted by Gasteiger charge is -2.05. The number of carbonyl (C=O) groups is 2. The molecule has 2 aromatic carbocycles. The lowest BCUT2D eigenvalue weighted by Crippen LogP contribution is -1.90. The van der Waals surface area contributed by atoms with Crippen LogP contribution in [0.3, 0.4) is 0 Å². The number of aliphatic carboxylic acids is 2. The monoisotopic (exact) mass is 350 g/mol. The minimum atomic E-state index is -0.711. The van der Waals surface area contributed by atoms with E-state index in [4.69, 9.17) is 10.2 Å². The predicted octanol–water partition coefficient (Wildman–Crippen LogP) is 4.30. The van der Waals surface area contributed by atoms with Crippen LogP contribution in [0.15, 0.2) is 30.3 Å². The van der Waals surface area contributed by atoms with Crippen molar-refractivity contribution in [1.82, 2.24) is 0 Å². The highest BCUT2D eigenvalue weighted by molar-refractivity contribution is 5.93. The molecule has 0 heterocycles. The molecule has 0 bridgehead atoms. The predicted molar refractivity (Wildman–Crippen MR) is 97.1 cm³/mol. The quantitative estimate of drug-likeness (QED) is 0.611. The van der Waals surface area contributed by atoms with Crippen molar-refractivity contribution in [1.29, 1.82) is 0 Å². The van der Waals surface area contributed by atoms with Gasteiger partial charge in [-0.15, -0.1) is 0 Å². The molecule has 0 aliphatic heterocycles. The molecule has 4 N–H and O–H groups in total. The van der Waals surface area contributed by atoms with Gasteiger partial charge in [0.25, 0.3) is 0 Å². The van der Waals surface area contributed by atoms with Crippen LogP contribution in [-0.2, 0) is 9.59 Å². The topological polar surface area (TPSA) is 115 Å². The largest absolute Gasteiger partial charge is 0.507 e. The summed E-state index contributed by atoms with van der Waals surface area (Å²) in [7, 11) is 0. The average molecular weight is 350 g/mol. The zero-order valence-corrected chi connectivity index (χ0v) is 14.8. The third kappa shape index (κ3) is 8.60. The molecule has 0 unspecified atom stereocenters. The van der Waals surface area contributed by atoms with Crippen molar-refractivity contribution < 1.29 is 30.0 Å². The maximum Gasteiger partial charge on any atom is 0.303 e. The third-order valence-electron chi connectivity index (χ3n) is 3.11. The van der Waals surface area contributed by atoms with E-state index in [1.807, 2.05) is 26.0 Å². The van der Waals surface area contributed by atoms with Crippen molar-refractivity contribution in [2.24, 2.45) is 0 Å². The number of phenols is 2. The fourth-order valence-electron chi connectivity index (χ4n) is 1.90. The van der Waals surface area contributed by atoms with E-state index in [1.54, 1.807) is 25.1 Å². The van der Waals surface area contributed by atoms with Gasteiger partial charge < -0.3 is 20.4 Å². The van der Waals surface area contributed by atoms with Crippen LogP contribution in [-0.4, -0.2) is 32.4 Å². The molecule has 6 nitrogen and oxygen atoms in total. The van der Waals surface area contributed by atoms with Gasteiger partial charge >= 0.3 is 11.9 Å². The molecule has 0 saturated carbocycles. The summed E-state index contributed by atoms with van der Waals surface area (Å²) in [5.74, 6) is -0.964. The lowest BCUT2D eigenvalue weighted by molar-refractivity contribution is -0.138. The Morgan fingerprint density at radius 3 is 1.68 bits per heavy atom. The molecular formula is C19H26O6. The Bertz CT molecular complexity index is 678. The smallest absolute Gasteiger partial charge is 0.303 e. The fraction of sp³-hybridized carbons (Fsp3) is 0.368. The molecule has 25 heavy (non-hydrogen) atoms. The molecule has 0 aliphatic rings. The first-order valence-electron chi connectivity index (χ1n) is 8.08. The van der Waals surface area contributed by atoms with Gasteiger partial charge in [-0.2, -0.15) is 0 Å². The second kappa shape index (κ2) is 11.7. The average Bonchev–Trinajstić information content (AvgIpc) is 2.54. The van der Waals surface area contributed by atoms with Gasteiger partial charge in [0.2, 0.25) is 0 Å². The van der Waals surface area contributed by atoms with E-state index >= 15 is 0 Å². The summed E-state index contributed by atoms with van der Waals surface area (Å²) in [6, 6.07) is 8.80. The number of benzene rings is 2. The molecule has 0 aromatic heterocycles. The van der Waals surface area contributed by atoms with E-state index in [0.29, 0.717) is 29.2 Å². The van der Waals surface area contributed by atoms with Crippen LogP contribution in [0.1, 0.15) is 45.1 Å². The zero-order valence-electron chi connectivity index (χ0n) is 14.8. The molecule has 0 aliphatic carbocycles. The van der Waals surface area contributed by atoms with Crippen molar-refractivity contribution in [3.8, 4) is 11.5 Å². The Morgan fingerprint density at radius 1 is 0.880 bits per heavy atom. The van der Waals surface area contributed by atoms with Crippen molar-refractivity contribution >= 4 is 22.7 Å². The summed E-state index contributed by atoms with van der Waals surface area (Å²) in [6.07, 6.45) is 2.05. The highest BCUT2D eigenvalue weighted by Gasteiger charge is 2.06. The van der Waals surface area contributed by atoms with Crippen molar-refractivity contribution in [3.05, 3.63) is 35.9 Å². The number of carboxylic acid groups (broad SMARTS) is 2. The fourth-order valence-corrected chi connectivity index (χ4v) is 1.90. The minimum Gasteiger partial charge on any atom is -0.507 e. The molecule has 0 saturated heterocycles. The van der Waals surface area contributed by atoms with Gasteiger partial charge in [-0.1, -0.05) is 38.1 Å². The zero-order chi connectivity index (χ0) is 19.4. The standard InChI is InChI=1S/C11H10O2.2C4H8O2/c1-7-6-10(12)8-4-2-3-5-9(8)11(7)13;2*1-2-3-4(5)6/h2-6,12-13H,1H3;2*2-3H2,1H3,(H,5,6). The van der Waals surface area contributed by atoms with Crippen LogP contribution < -0.4 is 0 Å². The Kier molecular flexibility index (Phi) is 10.4. The molecule has 2 aromatic rings. The molecule has 2 rings (SSSR count). The Hall–Kier alpha value is -2.76. The highest BCUT2D eigenvalue weighted by atomic mass is 16.4. The van der Waals surface area contributed by atoms with Crippen LogP contribution in [0.2, 0.25) is 0 Å². The normalized spacial score (nSPS) is 9.40. The van der Waals surface area contributed by atoms with E-state index in [0.717, 1.165) is 12.8 Å². The summed E-state index contributed by atoms with van der Waals surface area (Å²) >= 11 is 0. The Balaban J connectivity index is 0.000000406. The number of hydrogen-bond donors (Lipinski definition) is 4. The highest BCUT2D eigenvalue weighted by Crippen LogP contribution is 2.34. The molecule has 138 valence electrons. The summed E-state index contributed by atoms with van der Waals surface area (Å²) < 4.78 is 0. The molecule has 0 fully saturated rings. The van der Waals surface area contributed by atoms with Gasteiger partial charge in [-0.3, -0.25) is 9.59 Å². The third-order valence-corrected chi connectivity index (χ3v) is 3.11. The minimum absolute atomic E-state index is 0.214.